The highest BCUT2D eigenvalue weighted by atomic mass is 79.9. The molecular formula is C12H8BrClN2O4S. The van der Waals surface area contributed by atoms with Crippen LogP contribution in [0.1, 0.15) is 10.4 Å². The molecule has 9 heteroatoms. The third-order valence-corrected chi connectivity index (χ3v) is 4.73. The minimum atomic E-state index is -3.92. The largest absolute Gasteiger partial charge is 0.478 e. The van der Waals surface area contributed by atoms with Crippen molar-refractivity contribution in [3.8, 4) is 0 Å². The summed E-state index contributed by atoms with van der Waals surface area (Å²) in [6.45, 7) is 0. The number of hydrogen-bond donors (Lipinski definition) is 2. The van der Waals surface area contributed by atoms with Crippen LogP contribution in [-0.4, -0.2) is 24.5 Å². The molecule has 0 aliphatic heterocycles. The standard InChI is InChI=1S/C12H8BrClN2O4S/c13-10-2-1-8(6-9(10)12(17)18)21(19,20)16-7-3-4-15-11(14)5-7/h1-6H,(H,15,16)(H,17,18). The third-order valence-electron chi connectivity index (χ3n) is 2.46. The van der Waals surface area contributed by atoms with E-state index in [4.69, 9.17) is 16.7 Å². The molecule has 0 bridgehead atoms. The van der Waals surface area contributed by atoms with Crippen LogP contribution >= 0.6 is 27.5 Å². The van der Waals surface area contributed by atoms with Gasteiger partial charge in [-0.25, -0.2) is 18.2 Å². The van der Waals surface area contributed by atoms with Crippen molar-refractivity contribution in [2.45, 2.75) is 4.90 Å². The highest BCUT2D eigenvalue weighted by Crippen LogP contribution is 2.23. The summed E-state index contributed by atoms with van der Waals surface area (Å²) in [6, 6.07) is 6.49. The van der Waals surface area contributed by atoms with E-state index in [-0.39, 0.29) is 21.3 Å². The molecule has 0 radical (unpaired) electrons. The number of anilines is 1. The van der Waals surface area contributed by atoms with Crippen molar-refractivity contribution in [3.05, 3.63) is 51.7 Å². The summed E-state index contributed by atoms with van der Waals surface area (Å²) in [4.78, 5) is 14.6. The van der Waals surface area contributed by atoms with Crippen LogP contribution in [0.25, 0.3) is 0 Å². The van der Waals surface area contributed by atoms with Crippen LogP contribution < -0.4 is 4.72 Å². The first kappa shape index (κ1) is 15.7. The Labute approximate surface area is 134 Å². The van der Waals surface area contributed by atoms with Crippen molar-refractivity contribution in [2.24, 2.45) is 0 Å². The molecule has 0 unspecified atom stereocenters. The van der Waals surface area contributed by atoms with E-state index in [1.54, 1.807) is 0 Å². The molecule has 0 amide bonds. The lowest BCUT2D eigenvalue weighted by Crippen LogP contribution is -2.14. The summed E-state index contributed by atoms with van der Waals surface area (Å²) < 4.78 is 27.0. The van der Waals surface area contributed by atoms with Gasteiger partial charge < -0.3 is 5.11 Å². The molecule has 1 aromatic carbocycles. The summed E-state index contributed by atoms with van der Waals surface area (Å²) >= 11 is 8.73. The van der Waals surface area contributed by atoms with Gasteiger partial charge in [0.05, 0.1) is 16.1 Å². The molecule has 2 aromatic rings. The number of carbonyl (C=O) groups is 1. The van der Waals surface area contributed by atoms with Crippen LogP contribution in [0.4, 0.5) is 5.69 Å². The molecule has 1 heterocycles. The average molecular weight is 392 g/mol. The van der Waals surface area contributed by atoms with Crippen LogP contribution in [0.5, 0.6) is 0 Å². The molecule has 110 valence electrons. The van der Waals surface area contributed by atoms with Crippen LogP contribution in [0.15, 0.2) is 45.9 Å². The molecule has 1 aromatic heterocycles. The molecule has 0 spiro atoms. The zero-order valence-corrected chi connectivity index (χ0v) is 13.4. The number of halogens is 2. The lowest BCUT2D eigenvalue weighted by atomic mass is 10.2. The molecule has 0 saturated carbocycles. The van der Waals surface area contributed by atoms with Crippen molar-refractivity contribution >= 4 is 49.2 Å². The minimum absolute atomic E-state index is 0.136. The molecule has 0 saturated heterocycles. The molecule has 2 N–H and O–H groups in total. The number of benzene rings is 1. The van der Waals surface area contributed by atoms with Crippen molar-refractivity contribution in [1.82, 2.24) is 4.98 Å². The second-order valence-corrected chi connectivity index (χ2v) is 6.84. The number of nitrogens with one attached hydrogen (secondary N) is 1. The average Bonchev–Trinajstić information content (AvgIpc) is 2.38. The lowest BCUT2D eigenvalue weighted by Gasteiger charge is -2.09. The van der Waals surface area contributed by atoms with Gasteiger partial charge in [-0.1, -0.05) is 11.6 Å². The molecule has 0 aliphatic carbocycles. The Balaban J connectivity index is 2.40. The predicted molar refractivity (Wildman–Crippen MR) is 81.2 cm³/mol. The summed E-state index contributed by atoms with van der Waals surface area (Å²) in [5, 5.41) is 9.15. The molecule has 21 heavy (non-hydrogen) atoms. The number of pyridine rings is 1. The first-order valence-electron chi connectivity index (χ1n) is 5.47. The number of carboxylic acids is 1. The van der Waals surface area contributed by atoms with Gasteiger partial charge in [0.25, 0.3) is 10.0 Å². The number of carboxylic acid groups (broad SMARTS) is 1. The van der Waals surface area contributed by atoms with E-state index in [0.29, 0.717) is 4.47 Å². The minimum Gasteiger partial charge on any atom is -0.478 e. The molecule has 6 nitrogen and oxygen atoms in total. The van der Waals surface area contributed by atoms with Crippen molar-refractivity contribution in [1.29, 1.82) is 0 Å². The second kappa shape index (κ2) is 6.00. The Hall–Kier alpha value is -1.64. The maximum atomic E-state index is 12.2. The zero-order chi connectivity index (χ0) is 15.6. The number of hydrogen-bond acceptors (Lipinski definition) is 4. The number of sulfonamides is 1. The molecule has 2 rings (SSSR count). The fraction of sp³-hybridized carbons (Fsp3) is 0. The SMILES string of the molecule is O=C(O)c1cc(S(=O)(=O)Nc2ccnc(Cl)c2)ccc1Br. The van der Waals surface area contributed by atoms with Gasteiger partial charge in [-0.15, -0.1) is 0 Å². The predicted octanol–water partition coefficient (Wildman–Crippen LogP) is 3.00. The normalized spacial score (nSPS) is 11.1. The zero-order valence-electron chi connectivity index (χ0n) is 10.2. The van der Waals surface area contributed by atoms with E-state index < -0.39 is 16.0 Å². The van der Waals surface area contributed by atoms with Crippen molar-refractivity contribution < 1.29 is 18.3 Å². The van der Waals surface area contributed by atoms with E-state index in [9.17, 15) is 13.2 Å². The monoisotopic (exact) mass is 390 g/mol. The molecular weight excluding hydrogens is 384 g/mol. The number of nitrogens with zero attached hydrogens (tertiary/aromatic N) is 1. The van der Waals surface area contributed by atoms with Gasteiger partial charge in [-0.3, -0.25) is 4.72 Å². The van der Waals surface area contributed by atoms with Crippen molar-refractivity contribution in [2.75, 3.05) is 4.72 Å². The smallest absolute Gasteiger partial charge is 0.336 e. The van der Waals surface area contributed by atoms with Gasteiger partial charge >= 0.3 is 5.97 Å². The quantitative estimate of drug-likeness (QED) is 0.781. The van der Waals surface area contributed by atoms with Crippen LogP contribution in [-0.2, 0) is 10.0 Å². The molecule has 0 fully saturated rings. The maximum absolute atomic E-state index is 12.2. The van der Waals surface area contributed by atoms with Gasteiger partial charge in [-0.05, 0) is 46.3 Å². The summed E-state index contributed by atoms with van der Waals surface area (Å²) in [5.41, 5.74) is 0.0837. The van der Waals surface area contributed by atoms with E-state index in [1.807, 2.05) is 0 Å². The van der Waals surface area contributed by atoms with Crippen LogP contribution in [0, 0.1) is 0 Å². The van der Waals surface area contributed by atoms with E-state index >= 15 is 0 Å². The summed E-state index contributed by atoms with van der Waals surface area (Å²) in [6.07, 6.45) is 1.35. The Morgan fingerprint density at radius 3 is 2.62 bits per heavy atom. The van der Waals surface area contributed by atoms with E-state index in [1.165, 1.54) is 30.5 Å². The number of rotatable bonds is 4. The topological polar surface area (TPSA) is 96.4 Å². The Bertz CT molecular complexity index is 811. The first-order chi connectivity index (χ1) is 9.79. The maximum Gasteiger partial charge on any atom is 0.336 e. The lowest BCUT2D eigenvalue weighted by molar-refractivity contribution is 0.0695. The second-order valence-electron chi connectivity index (χ2n) is 3.92. The summed E-state index contributed by atoms with van der Waals surface area (Å²) in [7, 11) is -3.92. The first-order valence-corrected chi connectivity index (χ1v) is 8.12. The number of aromatic nitrogens is 1. The Morgan fingerprint density at radius 2 is 2.00 bits per heavy atom. The van der Waals surface area contributed by atoms with E-state index in [0.717, 1.165) is 6.07 Å². The van der Waals surface area contributed by atoms with Crippen molar-refractivity contribution in [3.63, 3.8) is 0 Å². The van der Waals surface area contributed by atoms with Crippen LogP contribution in [0.2, 0.25) is 5.15 Å². The summed E-state index contributed by atoms with van der Waals surface area (Å²) in [5.74, 6) is -1.23. The third kappa shape index (κ3) is 3.72. The van der Waals surface area contributed by atoms with Gasteiger partial charge in [0.2, 0.25) is 0 Å². The highest BCUT2D eigenvalue weighted by molar-refractivity contribution is 9.10. The molecule has 0 atom stereocenters. The fourth-order valence-corrected chi connectivity index (χ4v) is 3.18. The highest BCUT2D eigenvalue weighted by Gasteiger charge is 2.18. The Kier molecular flexibility index (Phi) is 4.50. The van der Waals surface area contributed by atoms with Gasteiger partial charge in [0.1, 0.15) is 5.15 Å². The number of aromatic carboxylic acids is 1. The van der Waals surface area contributed by atoms with E-state index in [2.05, 4.69) is 25.6 Å². The van der Waals surface area contributed by atoms with Gasteiger partial charge in [0.15, 0.2) is 0 Å². The Morgan fingerprint density at radius 1 is 1.29 bits per heavy atom. The van der Waals surface area contributed by atoms with Gasteiger partial charge in [0, 0.05) is 10.7 Å². The van der Waals surface area contributed by atoms with Gasteiger partial charge in [-0.2, -0.15) is 0 Å². The van der Waals surface area contributed by atoms with Crippen LogP contribution in [0.3, 0.4) is 0 Å². The molecule has 0 aliphatic rings. The fourth-order valence-electron chi connectivity index (χ4n) is 1.52.